The fourth-order valence-electron chi connectivity index (χ4n) is 3.13. The molecule has 3 rings (SSSR count). The Bertz CT molecular complexity index is 803. The molecule has 0 amide bonds. The van der Waals surface area contributed by atoms with Crippen LogP contribution < -0.4 is 5.48 Å². The molecule has 0 bridgehead atoms. The second kappa shape index (κ2) is 16.0. The number of ether oxygens (including phenoxy) is 1. The summed E-state index contributed by atoms with van der Waals surface area (Å²) in [5, 5.41) is 0. The molecule has 0 spiro atoms. The van der Waals surface area contributed by atoms with E-state index in [9.17, 15) is 0 Å². The zero-order valence-electron chi connectivity index (χ0n) is 20.2. The van der Waals surface area contributed by atoms with E-state index in [1.54, 1.807) is 0 Å². The van der Waals surface area contributed by atoms with Crippen molar-refractivity contribution in [2.45, 2.75) is 67.0 Å². The van der Waals surface area contributed by atoms with Crippen LogP contribution in [-0.2, 0) is 28.1 Å². The zero-order chi connectivity index (χ0) is 22.5. The second-order valence-electron chi connectivity index (χ2n) is 7.10. The van der Waals surface area contributed by atoms with E-state index in [1.807, 2.05) is 58.0 Å². The minimum absolute atomic E-state index is 0. The standard InChI is InChI=1S/C23H27NO2.2C2H6.V/c1-16-8-5-6-11-22(16)19(4)25-15-17(2)20-9-7-10-21(13-12-20)23-14-18(3)24-26-23;2*1-2;/h5-6,8-13,17-18,23-24H,4,14-15H2,1-3H3;2*1-2H3;. The number of hydroxylamine groups is 1. The molecule has 169 valence electrons. The van der Waals surface area contributed by atoms with Crippen molar-refractivity contribution < 1.29 is 28.1 Å². The van der Waals surface area contributed by atoms with Gasteiger partial charge in [-0.2, -0.15) is 5.48 Å². The Labute approximate surface area is 201 Å². The van der Waals surface area contributed by atoms with E-state index >= 15 is 0 Å². The summed E-state index contributed by atoms with van der Waals surface area (Å²) in [6.45, 7) is 19.0. The van der Waals surface area contributed by atoms with Crippen LogP contribution in [0, 0.1) is 12.8 Å². The minimum Gasteiger partial charge on any atom is -0.493 e. The maximum atomic E-state index is 5.96. The van der Waals surface area contributed by atoms with Gasteiger partial charge in [0, 0.05) is 36.1 Å². The van der Waals surface area contributed by atoms with Gasteiger partial charge in [0.15, 0.2) is 0 Å². The zero-order valence-corrected chi connectivity index (χ0v) is 21.6. The molecule has 4 heteroatoms. The van der Waals surface area contributed by atoms with Crippen molar-refractivity contribution in [3.05, 3.63) is 83.2 Å². The number of aryl methyl sites for hydroxylation is 1. The van der Waals surface area contributed by atoms with Crippen molar-refractivity contribution in [3.63, 3.8) is 0 Å². The molecule has 1 fully saturated rings. The van der Waals surface area contributed by atoms with E-state index in [0.717, 1.165) is 23.3 Å². The van der Waals surface area contributed by atoms with E-state index in [4.69, 9.17) is 9.57 Å². The van der Waals surface area contributed by atoms with Gasteiger partial charge in [0.1, 0.15) is 11.9 Å². The van der Waals surface area contributed by atoms with E-state index in [-0.39, 0.29) is 30.6 Å². The Hall–Kier alpha value is -1.74. The number of allylic oxidation sites excluding steroid dienone is 2. The van der Waals surface area contributed by atoms with Crippen LogP contribution in [0.25, 0.3) is 5.76 Å². The first kappa shape index (κ1) is 29.3. The average molecular weight is 461 g/mol. The summed E-state index contributed by atoms with van der Waals surface area (Å²) >= 11 is 0. The second-order valence-corrected chi connectivity index (χ2v) is 7.10. The summed E-state index contributed by atoms with van der Waals surface area (Å²) in [6.07, 6.45) is 9.37. The Balaban J connectivity index is 0.00000170. The number of hydrogen-bond donors (Lipinski definition) is 1. The van der Waals surface area contributed by atoms with Crippen LogP contribution in [0.4, 0.5) is 0 Å². The van der Waals surface area contributed by atoms with Crippen molar-refractivity contribution in [1.82, 2.24) is 5.48 Å². The molecule has 1 radical (unpaired) electrons. The van der Waals surface area contributed by atoms with Gasteiger partial charge >= 0.3 is 0 Å². The molecule has 1 aromatic carbocycles. The molecule has 1 aliphatic carbocycles. The quantitative estimate of drug-likeness (QED) is 0.369. The van der Waals surface area contributed by atoms with Crippen molar-refractivity contribution in [1.29, 1.82) is 0 Å². The van der Waals surface area contributed by atoms with E-state index in [2.05, 4.69) is 56.8 Å². The SMILES string of the molecule is C=C(OCC(C)C1=CC=C(C2CC(C)NO2)C=C=C1)c1ccccc1C.CC.CC.[V]. The number of hydrogen-bond acceptors (Lipinski definition) is 3. The van der Waals surface area contributed by atoms with Crippen LogP contribution in [0.1, 0.15) is 59.1 Å². The largest absolute Gasteiger partial charge is 0.493 e. The van der Waals surface area contributed by atoms with Crippen LogP contribution in [0.15, 0.2) is 72.0 Å². The third-order valence-corrected chi connectivity index (χ3v) is 4.84. The summed E-state index contributed by atoms with van der Waals surface area (Å²) in [4.78, 5) is 5.63. The van der Waals surface area contributed by atoms with Gasteiger partial charge in [0.25, 0.3) is 0 Å². The molecule has 3 atom stereocenters. The van der Waals surface area contributed by atoms with Gasteiger partial charge in [-0.05, 0) is 49.1 Å². The maximum Gasteiger partial charge on any atom is 0.119 e. The molecular weight excluding hydrogens is 421 g/mol. The van der Waals surface area contributed by atoms with Gasteiger partial charge in [-0.15, -0.1) is 5.73 Å². The van der Waals surface area contributed by atoms with Gasteiger partial charge in [-0.3, -0.25) is 4.84 Å². The normalized spacial score (nSPS) is 19.8. The summed E-state index contributed by atoms with van der Waals surface area (Å²) in [5.74, 6) is 0.966. The molecule has 1 N–H and O–H groups in total. The predicted octanol–water partition coefficient (Wildman–Crippen LogP) is 6.93. The van der Waals surface area contributed by atoms with Gasteiger partial charge in [-0.25, -0.2) is 0 Å². The molecule has 1 heterocycles. The Morgan fingerprint density at radius 1 is 1.19 bits per heavy atom. The summed E-state index contributed by atoms with van der Waals surface area (Å²) in [5.41, 5.74) is 10.9. The van der Waals surface area contributed by atoms with E-state index in [1.165, 1.54) is 11.1 Å². The Kier molecular flexibility index (Phi) is 15.1. The fraction of sp³-hybridized carbons (Fsp3) is 0.444. The summed E-state index contributed by atoms with van der Waals surface area (Å²) in [6, 6.07) is 8.53. The summed E-state index contributed by atoms with van der Waals surface area (Å²) in [7, 11) is 0. The molecule has 3 unspecified atom stereocenters. The van der Waals surface area contributed by atoms with Crippen molar-refractivity contribution >= 4 is 5.76 Å². The molecule has 2 aliphatic rings. The molecule has 0 aromatic heterocycles. The van der Waals surface area contributed by atoms with Crippen molar-refractivity contribution in [2.75, 3.05) is 6.61 Å². The molecule has 1 aliphatic heterocycles. The van der Waals surface area contributed by atoms with E-state index in [0.29, 0.717) is 12.6 Å². The average Bonchev–Trinajstić information content (AvgIpc) is 3.06. The van der Waals surface area contributed by atoms with E-state index < -0.39 is 0 Å². The molecule has 1 aromatic rings. The van der Waals surface area contributed by atoms with Gasteiger partial charge < -0.3 is 4.74 Å². The maximum absolute atomic E-state index is 5.96. The first-order valence-corrected chi connectivity index (χ1v) is 11.2. The third kappa shape index (κ3) is 9.11. The molecule has 1 saturated heterocycles. The fourth-order valence-corrected chi connectivity index (χ4v) is 3.13. The molecular formula is C27H39NO2V. The molecule has 3 nitrogen and oxygen atoms in total. The Morgan fingerprint density at radius 2 is 1.87 bits per heavy atom. The van der Waals surface area contributed by atoms with Gasteiger partial charge in [0.05, 0.1) is 6.61 Å². The van der Waals surface area contributed by atoms with Crippen LogP contribution in [0.5, 0.6) is 0 Å². The monoisotopic (exact) mass is 460 g/mol. The Morgan fingerprint density at radius 3 is 2.48 bits per heavy atom. The topological polar surface area (TPSA) is 30.5 Å². The summed E-state index contributed by atoms with van der Waals surface area (Å²) < 4.78 is 5.96. The predicted molar refractivity (Wildman–Crippen MR) is 129 cm³/mol. The van der Waals surface area contributed by atoms with Crippen molar-refractivity contribution in [2.24, 2.45) is 5.92 Å². The number of benzene rings is 1. The van der Waals surface area contributed by atoms with Gasteiger partial charge in [-0.1, -0.05) is 77.6 Å². The van der Waals surface area contributed by atoms with Crippen LogP contribution in [0.2, 0.25) is 0 Å². The minimum atomic E-state index is 0. The van der Waals surface area contributed by atoms with Crippen LogP contribution in [-0.4, -0.2) is 18.8 Å². The first-order chi connectivity index (χ1) is 14.5. The number of rotatable bonds is 6. The molecule has 0 saturated carbocycles. The smallest absolute Gasteiger partial charge is 0.119 e. The third-order valence-electron chi connectivity index (χ3n) is 4.84. The van der Waals surface area contributed by atoms with Crippen molar-refractivity contribution in [3.8, 4) is 0 Å². The molecule has 31 heavy (non-hydrogen) atoms. The number of nitrogens with one attached hydrogen (secondary N) is 1. The van der Waals surface area contributed by atoms with Crippen LogP contribution >= 0.6 is 0 Å². The first-order valence-electron chi connectivity index (χ1n) is 11.2. The van der Waals surface area contributed by atoms with Crippen LogP contribution in [0.3, 0.4) is 0 Å². The van der Waals surface area contributed by atoms with Gasteiger partial charge in [0.2, 0.25) is 0 Å².